The van der Waals surface area contributed by atoms with E-state index in [1.165, 1.54) is 31.1 Å². The lowest BCUT2D eigenvalue weighted by Crippen LogP contribution is -2.02. The molecule has 17 heavy (non-hydrogen) atoms. The van der Waals surface area contributed by atoms with Gasteiger partial charge in [-0.3, -0.25) is 4.79 Å². The Bertz CT molecular complexity index is 340. The highest BCUT2D eigenvalue weighted by atomic mass is 16.5. The molecule has 0 aliphatic rings. The van der Waals surface area contributed by atoms with Gasteiger partial charge in [-0.1, -0.05) is 44.5 Å². The summed E-state index contributed by atoms with van der Waals surface area (Å²) in [6.45, 7) is 4.47. The number of aryl methyl sites for hydroxylation is 1. The molecule has 0 saturated heterocycles. The minimum Gasteiger partial charge on any atom is -0.469 e. The predicted octanol–water partition coefficient (Wildman–Crippen LogP) is 3.70. The average molecular weight is 234 g/mol. The fourth-order valence-electron chi connectivity index (χ4n) is 1.96. The molecule has 0 N–H and O–H groups in total. The Labute approximate surface area is 104 Å². The summed E-state index contributed by atoms with van der Waals surface area (Å²) in [5.74, 6) is 0.475. The predicted molar refractivity (Wildman–Crippen MR) is 70.1 cm³/mol. The summed E-state index contributed by atoms with van der Waals surface area (Å²) in [7, 11) is 1.43. The van der Waals surface area contributed by atoms with Crippen LogP contribution in [0.5, 0.6) is 0 Å². The Balaban J connectivity index is 2.52. The van der Waals surface area contributed by atoms with Crippen molar-refractivity contribution in [3.05, 3.63) is 35.4 Å². The maximum Gasteiger partial charge on any atom is 0.305 e. The molecule has 0 fully saturated rings. The van der Waals surface area contributed by atoms with E-state index >= 15 is 0 Å². The molecule has 0 saturated carbocycles. The Morgan fingerprint density at radius 2 is 1.94 bits per heavy atom. The molecule has 0 heterocycles. The van der Waals surface area contributed by atoms with E-state index in [4.69, 9.17) is 0 Å². The SMILES string of the molecule is CCCC(C)c1ccc(CCC(=O)OC)cc1. The summed E-state index contributed by atoms with van der Waals surface area (Å²) in [5, 5.41) is 0. The van der Waals surface area contributed by atoms with Gasteiger partial charge in [-0.25, -0.2) is 0 Å². The summed E-state index contributed by atoms with van der Waals surface area (Å²) >= 11 is 0. The Morgan fingerprint density at radius 1 is 1.29 bits per heavy atom. The van der Waals surface area contributed by atoms with Crippen molar-refractivity contribution in [2.75, 3.05) is 7.11 Å². The second-order valence-corrected chi connectivity index (χ2v) is 4.51. The average Bonchev–Trinajstić information content (AvgIpc) is 2.36. The first-order valence-corrected chi connectivity index (χ1v) is 6.33. The lowest BCUT2D eigenvalue weighted by molar-refractivity contribution is -0.140. The van der Waals surface area contributed by atoms with Crippen LogP contribution >= 0.6 is 0 Å². The van der Waals surface area contributed by atoms with Gasteiger partial charge in [-0.05, 0) is 29.9 Å². The molecule has 0 amide bonds. The number of methoxy groups -OCH3 is 1. The van der Waals surface area contributed by atoms with E-state index in [9.17, 15) is 4.79 Å². The van der Waals surface area contributed by atoms with Gasteiger partial charge in [0.25, 0.3) is 0 Å². The molecule has 1 unspecified atom stereocenters. The zero-order chi connectivity index (χ0) is 12.7. The normalized spacial score (nSPS) is 12.2. The molecule has 1 atom stereocenters. The molecule has 1 aromatic carbocycles. The number of carbonyl (C=O) groups excluding carboxylic acids is 1. The maximum atomic E-state index is 11.0. The molecule has 2 heteroatoms. The molecule has 1 aromatic rings. The third-order valence-electron chi connectivity index (χ3n) is 3.12. The lowest BCUT2D eigenvalue weighted by Gasteiger charge is -2.11. The Kier molecular flexibility index (Phi) is 5.75. The highest BCUT2D eigenvalue weighted by Crippen LogP contribution is 2.21. The van der Waals surface area contributed by atoms with E-state index in [1.807, 2.05) is 0 Å². The monoisotopic (exact) mass is 234 g/mol. The van der Waals surface area contributed by atoms with Crippen LogP contribution in [0.1, 0.15) is 50.2 Å². The van der Waals surface area contributed by atoms with Gasteiger partial charge < -0.3 is 4.74 Å². The van der Waals surface area contributed by atoms with E-state index in [2.05, 4.69) is 42.8 Å². The maximum absolute atomic E-state index is 11.0. The first-order valence-electron chi connectivity index (χ1n) is 6.33. The molecule has 94 valence electrons. The van der Waals surface area contributed by atoms with Crippen LogP contribution in [0.25, 0.3) is 0 Å². The van der Waals surface area contributed by atoms with E-state index in [1.54, 1.807) is 0 Å². The topological polar surface area (TPSA) is 26.3 Å². The van der Waals surface area contributed by atoms with Gasteiger partial charge in [-0.2, -0.15) is 0 Å². The van der Waals surface area contributed by atoms with Crippen molar-refractivity contribution in [2.45, 2.75) is 45.4 Å². The van der Waals surface area contributed by atoms with Crippen molar-refractivity contribution in [3.63, 3.8) is 0 Å². The van der Waals surface area contributed by atoms with Gasteiger partial charge in [0.05, 0.1) is 7.11 Å². The number of benzene rings is 1. The van der Waals surface area contributed by atoms with Crippen LogP contribution in [-0.2, 0) is 16.0 Å². The van der Waals surface area contributed by atoms with Gasteiger partial charge in [0.1, 0.15) is 0 Å². The largest absolute Gasteiger partial charge is 0.469 e. The number of hydrogen-bond acceptors (Lipinski definition) is 2. The van der Waals surface area contributed by atoms with Crippen molar-refractivity contribution >= 4 is 5.97 Å². The van der Waals surface area contributed by atoms with Crippen LogP contribution in [0.15, 0.2) is 24.3 Å². The van der Waals surface area contributed by atoms with Crippen molar-refractivity contribution in [1.82, 2.24) is 0 Å². The van der Waals surface area contributed by atoms with E-state index < -0.39 is 0 Å². The molecule has 0 aliphatic carbocycles. The van der Waals surface area contributed by atoms with Crippen molar-refractivity contribution in [3.8, 4) is 0 Å². The molecule has 0 aliphatic heterocycles. The van der Waals surface area contributed by atoms with Crippen LogP contribution in [0.4, 0.5) is 0 Å². The molecule has 0 spiro atoms. The third-order valence-corrected chi connectivity index (χ3v) is 3.12. The van der Waals surface area contributed by atoms with Crippen molar-refractivity contribution in [1.29, 1.82) is 0 Å². The summed E-state index contributed by atoms with van der Waals surface area (Å²) in [5.41, 5.74) is 2.58. The number of hydrogen-bond donors (Lipinski definition) is 0. The number of carbonyl (C=O) groups is 1. The quantitative estimate of drug-likeness (QED) is 0.702. The minimum absolute atomic E-state index is 0.145. The second kappa shape index (κ2) is 7.10. The molecule has 0 bridgehead atoms. The highest BCUT2D eigenvalue weighted by Gasteiger charge is 2.05. The zero-order valence-corrected chi connectivity index (χ0v) is 11.0. The first-order chi connectivity index (χ1) is 8.17. The lowest BCUT2D eigenvalue weighted by atomic mass is 9.95. The van der Waals surface area contributed by atoms with Crippen molar-refractivity contribution in [2.24, 2.45) is 0 Å². The number of ether oxygens (including phenoxy) is 1. The van der Waals surface area contributed by atoms with E-state index in [0.29, 0.717) is 12.3 Å². The Hall–Kier alpha value is -1.31. The standard InChI is InChI=1S/C15H22O2/c1-4-5-12(2)14-9-6-13(7-10-14)8-11-15(16)17-3/h6-7,9-10,12H,4-5,8,11H2,1-3H3. The van der Waals surface area contributed by atoms with E-state index in [-0.39, 0.29) is 5.97 Å². The molecular formula is C15H22O2. The Morgan fingerprint density at radius 3 is 2.47 bits per heavy atom. The molecular weight excluding hydrogens is 212 g/mol. The minimum atomic E-state index is -0.145. The zero-order valence-electron chi connectivity index (χ0n) is 11.0. The molecule has 0 aromatic heterocycles. The summed E-state index contributed by atoms with van der Waals surface area (Å²) in [6.07, 6.45) is 3.65. The van der Waals surface area contributed by atoms with Crippen molar-refractivity contribution < 1.29 is 9.53 Å². The van der Waals surface area contributed by atoms with Gasteiger partial charge in [0, 0.05) is 6.42 Å². The van der Waals surface area contributed by atoms with Crippen LogP contribution in [0.3, 0.4) is 0 Å². The van der Waals surface area contributed by atoms with E-state index in [0.717, 1.165) is 6.42 Å². The second-order valence-electron chi connectivity index (χ2n) is 4.51. The first kappa shape index (κ1) is 13.8. The van der Waals surface area contributed by atoms with Gasteiger partial charge in [0.15, 0.2) is 0 Å². The van der Waals surface area contributed by atoms with Crippen LogP contribution in [-0.4, -0.2) is 13.1 Å². The fraction of sp³-hybridized carbons (Fsp3) is 0.533. The molecule has 0 radical (unpaired) electrons. The smallest absolute Gasteiger partial charge is 0.305 e. The van der Waals surface area contributed by atoms with Crippen LogP contribution in [0.2, 0.25) is 0 Å². The number of rotatable bonds is 6. The fourth-order valence-corrected chi connectivity index (χ4v) is 1.96. The van der Waals surface area contributed by atoms with Gasteiger partial charge in [-0.15, -0.1) is 0 Å². The van der Waals surface area contributed by atoms with Crippen LogP contribution < -0.4 is 0 Å². The molecule has 1 rings (SSSR count). The summed E-state index contributed by atoms with van der Waals surface area (Å²) in [4.78, 5) is 11.0. The van der Waals surface area contributed by atoms with Gasteiger partial charge in [0.2, 0.25) is 0 Å². The molecule has 2 nitrogen and oxygen atoms in total. The summed E-state index contributed by atoms with van der Waals surface area (Å²) < 4.78 is 4.63. The summed E-state index contributed by atoms with van der Waals surface area (Å²) in [6, 6.07) is 8.58. The number of esters is 1. The highest BCUT2D eigenvalue weighted by molar-refractivity contribution is 5.69. The van der Waals surface area contributed by atoms with Crippen LogP contribution in [0, 0.1) is 0 Å². The van der Waals surface area contributed by atoms with Gasteiger partial charge >= 0.3 is 5.97 Å². The third kappa shape index (κ3) is 4.59.